The number of rotatable bonds is 3. The van der Waals surface area contributed by atoms with Gasteiger partial charge in [0.15, 0.2) is 0 Å². The molecule has 23 heavy (non-hydrogen) atoms. The Hall–Kier alpha value is -2.64. The first-order valence-electron chi connectivity index (χ1n) is 7.78. The van der Waals surface area contributed by atoms with Crippen LogP contribution in [0.5, 0.6) is 0 Å². The Kier molecular flexibility index (Phi) is 4.40. The molecule has 2 amide bonds. The van der Waals surface area contributed by atoms with Crippen molar-refractivity contribution >= 4 is 17.7 Å². The van der Waals surface area contributed by atoms with Crippen LogP contribution in [-0.2, 0) is 13.5 Å². The summed E-state index contributed by atoms with van der Waals surface area (Å²) >= 11 is 0. The van der Waals surface area contributed by atoms with E-state index >= 15 is 0 Å². The number of aryl methyl sites for hydroxylation is 2. The first-order chi connectivity index (χ1) is 11.2. The molecule has 3 rings (SSSR count). The van der Waals surface area contributed by atoms with Crippen molar-refractivity contribution in [3.05, 3.63) is 30.4 Å². The highest BCUT2D eigenvalue weighted by Crippen LogP contribution is 2.15. The molecule has 2 aromatic heterocycles. The number of piperazine rings is 1. The summed E-state index contributed by atoms with van der Waals surface area (Å²) in [5, 5.41) is 6.99. The summed E-state index contributed by atoms with van der Waals surface area (Å²) in [6.45, 7) is 4.94. The van der Waals surface area contributed by atoms with Crippen LogP contribution in [0.2, 0.25) is 0 Å². The van der Waals surface area contributed by atoms with Gasteiger partial charge in [-0.15, -0.1) is 5.10 Å². The zero-order valence-electron chi connectivity index (χ0n) is 13.4. The molecule has 1 aliphatic rings. The van der Waals surface area contributed by atoms with Gasteiger partial charge in [-0.2, -0.15) is 4.98 Å². The first kappa shape index (κ1) is 15.3. The van der Waals surface area contributed by atoms with Crippen LogP contribution >= 0.6 is 0 Å². The number of pyridine rings is 1. The minimum Gasteiger partial charge on any atom is -0.368 e. The van der Waals surface area contributed by atoms with Gasteiger partial charge in [0.1, 0.15) is 5.82 Å². The zero-order chi connectivity index (χ0) is 16.2. The van der Waals surface area contributed by atoms with E-state index in [0.29, 0.717) is 19.0 Å². The SMILES string of the molecule is CCc1nc(NC(=O)N2CCN(c3ccncc3)CC2)nn1C. The second kappa shape index (κ2) is 6.64. The topological polar surface area (TPSA) is 79.2 Å². The Morgan fingerprint density at radius 3 is 2.52 bits per heavy atom. The quantitative estimate of drug-likeness (QED) is 0.918. The highest BCUT2D eigenvalue weighted by molar-refractivity contribution is 5.87. The summed E-state index contributed by atoms with van der Waals surface area (Å²) in [5.41, 5.74) is 1.14. The fraction of sp³-hybridized carbons (Fsp3) is 0.467. The summed E-state index contributed by atoms with van der Waals surface area (Å²) in [6, 6.07) is 3.83. The molecule has 1 saturated heterocycles. The maximum Gasteiger partial charge on any atom is 0.324 e. The Morgan fingerprint density at radius 2 is 1.91 bits per heavy atom. The molecular weight excluding hydrogens is 294 g/mol. The normalized spacial score (nSPS) is 14.9. The number of aromatic nitrogens is 4. The van der Waals surface area contributed by atoms with E-state index in [1.54, 1.807) is 22.0 Å². The average Bonchev–Trinajstić information content (AvgIpc) is 2.95. The number of urea groups is 1. The monoisotopic (exact) mass is 315 g/mol. The molecule has 122 valence electrons. The van der Waals surface area contributed by atoms with E-state index < -0.39 is 0 Å². The molecule has 1 fully saturated rings. The summed E-state index contributed by atoms with van der Waals surface area (Å²) < 4.78 is 1.69. The van der Waals surface area contributed by atoms with Crippen molar-refractivity contribution in [1.82, 2.24) is 24.6 Å². The van der Waals surface area contributed by atoms with Crippen LogP contribution in [0.15, 0.2) is 24.5 Å². The Balaban J connectivity index is 1.55. The smallest absolute Gasteiger partial charge is 0.324 e. The molecule has 0 spiro atoms. The fourth-order valence-electron chi connectivity index (χ4n) is 2.67. The third kappa shape index (κ3) is 3.41. The van der Waals surface area contributed by atoms with E-state index in [1.807, 2.05) is 26.1 Å². The largest absolute Gasteiger partial charge is 0.368 e. The fourth-order valence-corrected chi connectivity index (χ4v) is 2.67. The van der Waals surface area contributed by atoms with Crippen LogP contribution in [-0.4, -0.2) is 56.9 Å². The molecule has 8 nitrogen and oxygen atoms in total. The number of carbonyl (C=O) groups excluding carboxylic acids is 1. The van der Waals surface area contributed by atoms with Gasteiger partial charge >= 0.3 is 6.03 Å². The number of anilines is 2. The highest BCUT2D eigenvalue weighted by atomic mass is 16.2. The van der Waals surface area contributed by atoms with E-state index in [-0.39, 0.29) is 6.03 Å². The predicted molar refractivity (Wildman–Crippen MR) is 87.4 cm³/mol. The van der Waals surface area contributed by atoms with Gasteiger partial charge in [-0.3, -0.25) is 15.0 Å². The van der Waals surface area contributed by atoms with Crippen LogP contribution in [0.3, 0.4) is 0 Å². The lowest BCUT2D eigenvalue weighted by molar-refractivity contribution is 0.208. The van der Waals surface area contributed by atoms with Crippen molar-refractivity contribution in [2.75, 3.05) is 36.4 Å². The van der Waals surface area contributed by atoms with Gasteiger partial charge in [0.2, 0.25) is 5.95 Å². The molecular formula is C15H21N7O. The summed E-state index contributed by atoms with van der Waals surface area (Å²) in [5.74, 6) is 1.22. The number of amides is 2. The minimum atomic E-state index is -0.146. The van der Waals surface area contributed by atoms with Gasteiger partial charge < -0.3 is 9.80 Å². The summed E-state index contributed by atoms with van der Waals surface area (Å²) in [7, 11) is 1.83. The molecule has 0 atom stereocenters. The molecule has 0 unspecified atom stereocenters. The van der Waals surface area contributed by atoms with Crippen LogP contribution in [0.1, 0.15) is 12.7 Å². The predicted octanol–water partition coefficient (Wildman–Crippen LogP) is 1.13. The van der Waals surface area contributed by atoms with Crippen LogP contribution in [0.25, 0.3) is 0 Å². The van der Waals surface area contributed by atoms with E-state index in [1.165, 1.54) is 0 Å². The number of carbonyl (C=O) groups is 1. The molecule has 0 saturated carbocycles. The molecule has 0 bridgehead atoms. The van der Waals surface area contributed by atoms with Crippen molar-refractivity contribution in [3.8, 4) is 0 Å². The lowest BCUT2D eigenvalue weighted by Gasteiger charge is -2.35. The van der Waals surface area contributed by atoms with Gasteiger partial charge in [0.05, 0.1) is 0 Å². The van der Waals surface area contributed by atoms with E-state index in [9.17, 15) is 4.79 Å². The molecule has 2 aromatic rings. The average molecular weight is 315 g/mol. The number of hydrogen-bond acceptors (Lipinski definition) is 5. The summed E-state index contributed by atoms with van der Waals surface area (Å²) in [4.78, 5) is 24.7. The molecule has 0 aromatic carbocycles. The van der Waals surface area contributed by atoms with E-state index in [0.717, 1.165) is 31.0 Å². The molecule has 3 heterocycles. The zero-order valence-corrected chi connectivity index (χ0v) is 13.4. The van der Waals surface area contributed by atoms with Crippen LogP contribution in [0.4, 0.5) is 16.4 Å². The van der Waals surface area contributed by atoms with Crippen molar-refractivity contribution < 1.29 is 4.79 Å². The molecule has 0 radical (unpaired) electrons. The third-order valence-corrected chi connectivity index (χ3v) is 3.98. The van der Waals surface area contributed by atoms with Crippen LogP contribution < -0.4 is 10.2 Å². The van der Waals surface area contributed by atoms with Gasteiger partial charge in [-0.25, -0.2) is 4.79 Å². The maximum absolute atomic E-state index is 12.3. The van der Waals surface area contributed by atoms with Crippen molar-refractivity contribution in [2.24, 2.45) is 7.05 Å². The van der Waals surface area contributed by atoms with Crippen molar-refractivity contribution in [3.63, 3.8) is 0 Å². The second-order valence-corrected chi connectivity index (χ2v) is 5.44. The van der Waals surface area contributed by atoms with Gasteiger partial charge in [-0.05, 0) is 12.1 Å². The van der Waals surface area contributed by atoms with Gasteiger partial charge in [0, 0.05) is 57.7 Å². The number of nitrogens with one attached hydrogen (secondary N) is 1. The minimum absolute atomic E-state index is 0.146. The Morgan fingerprint density at radius 1 is 1.22 bits per heavy atom. The standard InChI is InChI=1S/C15H21N7O/c1-3-13-17-14(19-20(13)2)18-15(23)22-10-8-21(9-11-22)12-4-6-16-7-5-12/h4-7H,3,8-11H2,1-2H3,(H,18,19,23). The first-order valence-corrected chi connectivity index (χ1v) is 7.78. The second-order valence-electron chi connectivity index (χ2n) is 5.44. The van der Waals surface area contributed by atoms with Crippen molar-refractivity contribution in [2.45, 2.75) is 13.3 Å². The molecule has 1 aliphatic heterocycles. The lowest BCUT2D eigenvalue weighted by Crippen LogP contribution is -2.50. The number of nitrogens with zero attached hydrogens (tertiary/aromatic N) is 6. The summed E-state index contributed by atoms with van der Waals surface area (Å²) in [6.07, 6.45) is 4.35. The van der Waals surface area contributed by atoms with Crippen LogP contribution in [0, 0.1) is 0 Å². The van der Waals surface area contributed by atoms with Gasteiger partial charge in [0.25, 0.3) is 0 Å². The maximum atomic E-state index is 12.3. The third-order valence-electron chi connectivity index (χ3n) is 3.98. The Labute approximate surface area is 135 Å². The van der Waals surface area contributed by atoms with Gasteiger partial charge in [-0.1, -0.05) is 6.92 Å². The number of hydrogen-bond donors (Lipinski definition) is 1. The highest BCUT2D eigenvalue weighted by Gasteiger charge is 2.22. The molecule has 8 heteroatoms. The Bertz CT molecular complexity index is 662. The molecule has 0 aliphatic carbocycles. The lowest BCUT2D eigenvalue weighted by atomic mass is 10.3. The molecule has 1 N–H and O–H groups in total. The van der Waals surface area contributed by atoms with E-state index in [4.69, 9.17) is 0 Å². The van der Waals surface area contributed by atoms with E-state index in [2.05, 4.69) is 25.3 Å². The van der Waals surface area contributed by atoms with Crippen molar-refractivity contribution in [1.29, 1.82) is 0 Å².